The van der Waals surface area contributed by atoms with Crippen LogP contribution >= 0.6 is 11.6 Å². The summed E-state index contributed by atoms with van der Waals surface area (Å²) >= 11 is 6.01. The Morgan fingerprint density at radius 2 is 1.89 bits per heavy atom. The predicted molar refractivity (Wildman–Crippen MR) is 110 cm³/mol. The molecule has 1 heterocycles. The number of benzene rings is 2. The van der Waals surface area contributed by atoms with Gasteiger partial charge in [0.2, 0.25) is 5.91 Å². The molecular formula is C20H24ClN5O. The second kappa shape index (κ2) is 9.28. The molecule has 2 aromatic rings. The number of halogens is 1. The Morgan fingerprint density at radius 1 is 1.15 bits per heavy atom. The maximum atomic E-state index is 11.5. The SMILES string of the molecule is CN=C(NCc1ccc(N2CCNC(=O)C2)cc1)NCc1cccc(Cl)c1. The highest BCUT2D eigenvalue weighted by atomic mass is 35.5. The van der Waals surface area contributed by atoms with Gasteiger partial charge in [0.1, 0.15) is 0 Å². The lowest BCUT2D eigenvalue weighted by atomic mass is 10.2. The lowest BCUT2D eigenvalue weighted by Crippen LogP contribution is -2.47. The Morgan fingerprint density at radius 3 is 2.56 bits per heavy atom. The molecule has 7 heteroatoms. The molecule has 2 aromatic carbocycles. The van der Waals surface area contributed by atoms with Gasteiger partial charge in [-0.25, -0.2) is 0 Å². The number of anilines is 1. The zero-order valence-electron chi connectivity index (χ0n) is 15.3. The van der Waals surface area contributed by atoms with Gasteiger partial charge < -0.3 is 20.9 Å². The van der Waals surface area contributed by atoms with E-state index in [2.05, 4.69) is 50.1 Å². The van der Waals surface area contributed by atoms with E-state index in [4.69, 9.17) is 11.6 Å². The zero-order chi connectivity index (χ0) is 19.1. The van der Waals surface area contributed by atoms with Crippen LogP contribution in [0.15, 0.2) is 53.5 Å². The molecule has 0 radical (unpaired) electrons. The molecule has 3 rings (SSSR count). The minimum absolute atomic E-state index is 0.0709. The van der Waals surface area contributed by atoms with Gasteiger partial charge in [0, 0.05) is 43.9 Å². The van der Waals surface area contributed by atoms with E-state index < -0.39 is 0 Å². The number of nitrogens with zero attached hydrogens (tertiary/aromatic N) is 2. The fourth-order valence-corrected chi connectivity index (χ4v) is 3.14. The van der Waals surface area contributed by atoms with Crippen LogP contribution in [0.5, 0.6) is 0 Å². The lowest BCUT2D eigenvalue weighted by molar-refractivity contribution is -0.120. The van der Waals surface area contributed by atoms with Crippen LogP contribution in [0.25, 0.3) is 0 Å². The summed E-state index contributed by atoms with van der Waals surface area (Å²) in [5.74, 6) is 0.799. The van der Waals surface area contributed by atoms with E-state index in [-0.39, 0.29) is 5.91 Å². The fourth-order valence-electron chi connectivity index (χ4n) is 2.92. The van der Waals surface area contributed by atoms with Crippen molar-refractivity contribution >= 4 is 29.2 Å². The number of amides is 1. The van der Waals surface area contributed by atoms with Gasteiger partial charge in [-0.05, 0) is 35.4 Å². The molecule has 27 heavy (non-hydrogen) atoms. The van der Waals surface area contributed by atoms with Gasteiger partial charge in [0.05, 0.1) is 6.54 Å². The summed E-state index contributed by atoms with van der Waals surface area (Å²) in [6.07, 6.45) is 0. The summed E-state index contributed by atoms with van der Waals surface area (Å²) in [4.78, 5) is 17.9. The number of carbonyl (C=O) groups excluding carboxylic acids is 1. The van der Waals surface area contributed by atoms with Gasteiger partial charge in [-0.2, -0.15) is 0 Å². The van der Waals surface area contributed by atoms with E-state index in [1.165, 1.54) is 0 Å². The normalized spacial score (nSPS) is 14.7. The Hall–Kier alpha value is -2.73. The minimum Gasteiger partial charge on any atom is -0.360 e. The van der Waals surface area contributed by atoms with Gasteiger partial charge in [0.25, 0.3) is 0 Å². The quantitative estimate of drug-likeness (QED) is 0.545. The average molecular weight is 386 g/mol. The monoisotopic (exact) mass is 385 g/mol. The summed E-state index contributed by atoms with van der Waals surface area (Å²) in [5, 5.41) is 10.2. The summed E-state index contributed by atoms with van der Waals surface area (Å²) in [6, 6.07) is 16.0. The molecule has 1 amide bonds. The minimum atomic E-state index is 0.0709. The Bertz CT molecular complexity index is 806. The van der Waals surface area contributed by atoms with Crippen LogP contribution in [0.3, 0.4) is 0 Å². The number of rotatable bonds is 5. The van der Waals surface area contributed by atoms with Crippen LogP contribution in [0.4, 0.5) is 5.69 Å². The summed E-state index contributed by atoms with van der Waals surface area (Å²) < 4.78 is 0. The van der Waals surface area contributed by atoms with E-state index in [0.717, 1.165) is 34.3 Å². The van der Waals surface area contributed by atoms with Crippen LogP contribution < -0.4 is 20.9 Å². The van der Waals surface area contributed by atoms with Crippen molar-refractivity contribution in [2.45, 2.75) is 13.1 Å². The van der Waals surface area contributed by atoms with Gasteiger partial charge in [-0.1, -0.05) is 35.9 Å². The molecule has 0 aliphatic carbocycles. The summed E-state index contributed by atoms with van der Waals surface area (Å²) in [5.41, 5.74) is 3.31. The maximum absolute atomic E-state index is 11.5. The fraction of sp³-hybridized carbons (Fsp3) is 0.300. The van der Waals surface area contributed by atoms with Crippen LogP contribution in [-0.2, 0) is 17.9 Å². The van der Waals surface area contributed by atoms with Gasteiger partial charge in [-0.15, -0.1) is 0 Å². The lowest BCUT2D eigenvalue weighted by Gasteiger charge is -2.28. The molecular weight excluding hydrogens is 362 g/mol. The number of hydrogen-bond donors (Lipinski definition) is 3. The first-order valence-electron chi connectivity index (χ1n) is 8.93. The number of aliphatic imine (C=N–C) groups is 1. The second-order valence-corrected chi connectivity index (χ2v) is 6.78. The molecule has 0 spiro atoms. The van der Waals surface area contributed by atoms with Gasteiger partial charge in [0.15, 0.2) is 5.96 Å². The topological polar surface area (TPSA) is 68.8 Å². The number of piperazine rings is 1. The highest BCUT2D eigenvalue weighted by Crippen LogP contribution is 2.16. The van der Waals surface area contributed by atoms with Crippen molar-refractivity contribution in [3.8, 4) is 0 Å². The van der Waals surface area contributed by atoms with Crippen LogP contribution in [0, 0.1) is 0 Å². The third-order valence-electron chi connectivity index (χ3n) is 4.37. The number of guanidine groups is 1. The van der Waals surface area contributed by atoms with E-state index in [0.29, 0.717) is 26.2 Å². The van der Waals surface area contributed by atoms with Gasteiger partial charge >= 0.3 is 0 Å². The van der Waals surface area contributed by atoms with E-state index in [1.54, 1.807) is 7.05 Å². The third-order valence-corrected chi connectivity index (χ3v) is 4.61. The average Bonchev–Trinajstić information content (AvgIpc) is 2.69. The van der Waals surface area contributed by atoms with E-state index >= 15 is 0 Å². The molecule has 0 aromatic heterocycles. The third kappa shape index (κ3) is 5.62. The molecule has 1 saturated heterocycles. The molecule has 0 bridgehead atoms. The molecule has 6 nitrogen and oxygen atoms in total. The zero-order valence-corrected chi connectivity index (χ0v) is 16.1. The highest BCUT2D eigenvalue weighted by molar-refractivity contribution is 6.30. The van der Waals surface area contributed by atoms with E-state index in [9.17, 15) is 4.79 Å². The first kappa shape index (κ1) is 19.0. The first-order chi connectivity index (χ1) is 13.1. The van der Waals surface area contributed by atoms with Crippen molar-refractivity contribution in [3.63, 3.8) is 0 Å². The summed E-state index contributed by atoms with van der Waals surface area (Å²) in [7, 11) is 1.75. The van der Waals surface area contributed by atoms with Crippen molar-refractivity contribution in [3.05, 3.63) is 64.7 Å². The Kier molecular flexibility index (Phi) is 6.54. The highest BCUT2D eigenvalue weighted by Gasteiger charge is 2.16. The number of carbonyl (C=O) groups is 1. The smallest absolute Gasteiger partial charge is 0.239 e. The van der Waals surface area contributed by atoms with Crippen LogP contribution in [-0.4, -0.2) is 38.5 Å². The Balaban J connectivity index is 1.50. The standard InChI is InChI=1S/C20H24ClN5O/c1-22-20(25-13-16-3-2-4-17(21)11-16)24-12-15-5-7-18(8-6-15)26-10-9-23-19(27)14-26/h2-8,11H,9-10,12-14H2,1H3,(H,23,27)(H2,22,24,25). The Labute approximate surface area is 164 Å². The molecule has 1 aliphatic heterocycles. The van der Waals surface area contributed by atoms with Gasteiger partial charge in [-0.3, -0.25) is 9.79 Å². The largest absolute Gasteiger partial charge is 0.360 e. The molecule has 1 fully saturated rings. The van der Waals surface area contributed by atoms with Crippen molar-refractivity contribution in [1.82, 2.24) is 16.0 Å². The summed E-state index contributed by atoms with van der Waals surface area (Å²) in [6.45, 7) is 3.25. The number of hydrogen-bond acceptors (Lipinski definition) is 3. The number of nitrogens with one attached hydrogen (secondary N) is 3. The molecule has 0 saturated carbocycles. The molecule has 0 atom stereocenters. The first-order valence-corrected chi connectivity index (χ1v) is 9.31. The molecule has 142 valence electrons. The maximum Gasteiger partial charge on any atom is 0.239 e. The van der Waals surface area contributed by atoms with Crippen LogP contribution in [0.1, 0.15) is 11.1 Å². The van der Waals surface area contributed by atoms with Crippen LogP contribution in [0.2, 0.25) is 5.02 Å². The van der Waals surface area contributed by atoms with Crippen molar-refractivity contribution in [1.29, 1.82) is 0 Å². The molecule has 3 N–H and O–H groups in total. The van der Waals surface area contributed by atoms with Crippen molar-refractivity contribution in [2.24, 2.45) is 4.99 Å². The van der Waals surface area contributed by atoms with Crippen molar-refractivity contribution < 1.29 is 4.79 Å². The second-order valence-electron chi connectivity index (χ2n) is 6.35. The molecule has 0 unspecified atom stereocenters. The van der Waals surface area contributed by atoms with E-state index in [1.807, 2.05) is 24.3 Å². The molecule has 1 aliphatic rings. The predicted octanol–water partition coefficient (Wildman–Crippen LogP) is 2.14. The van der Waals surface area contributed by atoms with Crippen molar-refractivity contribution in [2.75, 3.05) is 31.6 Å².